The van der Waals surface area contributed by atoms with Gasteiger partial charge in [0.15, 0.2) is 0 Å². The molecule has 8 heteroatoms. The van der Waals surface area contributed by atoms with Gasteiger partial charge in [0.1, 0.15) is 0 Å². The Hall–Kier alpha value is -4.14. The number of nitrogens with one attached hydrogen (secondary N) is 2. The van der Waals surface area contributed by atoms with Crippen molar-refractivity contribution in [3.8, 4) is 0 Å². The second-order valence-electron chi connectivity index (χ2n) is 10.5. The highest BCUT2D eigenvalue weighted by Crippen LogP contribution is 2.38. The maximum Gasteiger partial charge on any atom is 0.261 e. The van der Waals surface area contributed by atoms with E-state index in [1.54, 1.807) is 12.1 Å². The third-order valence-electron chi connectivity index (χ3n) is 8.03. The molecule has 1 atom stereocenters. The molecule has 1 unspecified atom stereocenters. The van der Waals surface area contributed by atoms with Crippen LogP contribution in [0.25, 0.3) is 16.8 Å². The molecule has 1 aliphatic carbocycles. The standard InChI is InChI=1S/C32H32N4O4/c37-29-23-11-3-7-21-8-4-12-24(27(21)23)30(38)35(29)19-17-33-15-1-2-16-34-18-20-36-31(39)25-13-5-9-22-10-6-14-26(28(22)25)32(36)40/h3-13,26,33-34H,1-2,14-20H2. The van der Waals surface area contributed by atoms with E-state index in [4.69, 9.17) is 0 Å². The smallest absolute Gasteiger partial charge is 0.261 e. The molecule has 0 aromatic heterocycles. The van der Waals surface area contributed by atoms with E-state index < -0.39 is 0 Å². The number of hydrogen-bond donors (Lipinski definition) is 2. The molecule has 8 nitrogen and oxygen atoms in total. The Morgan fingerprint density at radius 2 is 1.25 bits per heavy atom. The maximum absolute atomic E-state index is 13.0. The first-order valence-corrected chi connectivity index (χ1v) is 14.0. The molecule has 6 rings (SSSR count). The molecule has 3 aliphatic rings. The highest BCUT2D eigenvalue weighted by atomic mass is 16.2. The summed E-state index contributed by atoms with van der Waals surface area (Å²) in [7, 11) is 0. The highest BCUT2D eigenvalue weighted by molar-refractivity contribution is 6.25. The maximum atomic E-state index is 13.0. The summed E-state index contributed by atoms with van der Waals surface area (Å²) in [4.78, 5) is 54.7. The number of rotatable bonds is 11. The lowest BCUT2D eigenvalue weighted by Crippen LogP contribution is -2.48. The highest BCUT2D eigenvalue weighted by Gasteiger charge is 2.39. The zero-order valence-corrected chi connectivity index (χ0v) is 22.3. The molecule has 0 saturated heterocycles. The minimum absolute atomic E-state index is 0.105. The Morgan fingerprint density at radius 3 is 1.93 bits per heavy atom. The Kier molecular flexibility index (Phi) is 7.28. The summed E-state index contributed by atoms with van der Waals surface area (Å²) in [6.45, 7) is 3.29. The third kappa shape index (κ3) is 4.63. The summed E-state index contributed by atoms with van der Waals surface area (Å²) < 4.78 is 0. The molecular weight excluding hydrogens is 504 g/mol. The third-order valence-corrected chi connectivity index (χ3v) is 8.03. The first-order valence-electron chi connectivity index (χ1n) is 14.0. The van der Waals surface area contributed by atoms with Gasteiger partial charge >= 0.3 is 0 Å². The largest absolute Gasteiger partial charge is 0.315 e. The minimum Gasteiger partial charge on any atom is -0.315 e. The molecule has 0 saturated carbocycles. The quantitative estimate of drug-likeness (QED) is 0.287. The number of allylic oxidation sites excluding steroid dienone is 1. The predicted octanol–water partition coefficient (Wildman–Crippen LogP) is 3.58. The summed E-state index contributed by atoms with van der Waals surface area (Å²) in [6.07, 6.45) is 6.48. The number of carbonyl (C=O) groups is 4. The molecule has 2 aliphatic heterocycles. The molecule has 40 heavy (non-hydrogen) atoms. The molecular formula is C32H32N4O4. The summed E-state index contributed by atoms with van der Waals surface area (Å²) in [5, 5.41) is 8.33. The first kappa shape index (κ1) is 26.1. The van der Waals surface area contributed by atoms with E-state index in [1.165, 1.54) is 9.80 Å². The van der Waals surface area contributed by atoms with Gasteiger partial charge in [0, 0.05) is 48.3 Å². The van der Waals surface area contributed by atoms with Crippen LogP contribution in [-0.2, 0) is 4.79 Å². The van der Waals surface area contributed by atoms with Crippen molar-refractivity contribution in [2.45, 2.75) is 25.2 Å². The number of hydrogen-bond acceptors (Lipinski definition) is 6. The van der Waals surface area contributed by atoms with Gasteiger partial charge in [-0.1, -0.05) is 48.6 Å². The number of carbonyl (C=O) groups excluding carboxylic acids is 4. The molecule has 0 radical (unpaired) electrons. The van der Waals surface area contributed by atoms with Gasteiger partial charge < -0.3 is 10.6 Å². The lowest BCUT2D eigenvalue weighted by Gasteiger charge is -2.34. The summed E-state index contributed by atoms with van der Waals surface area (Å²) in [5.74, 6) is -1.06. The zero-order chi connectivity index (χ0) is 27.6. The van der Waals surface area contributed by atoms with Crippen LogP contribution < -0.4 is 10.6 Å². The summed E-state index contributed by atoms with van der Waals surface area (Å²) >= 11 is 0. The zero-order valence-electron chi connectivity index (χ0n) is 22.3. The molecule has 204 valence electrons. The molecule has 2 N–H and O–H groups in total. The Balaban J connectivity index is 0.899. The van der Waals surface area contributed by atoms with Crippen molar-refractivity contribution in [2.24, 2.45) is 0 Å². The molecule has 2 heterocycles. The minimum atomic E-state index is -0.265. The van der Waals surface area contributed by atoms with Crippen LogP contribution in [0, 0.1) is 0 Å². The van der Waals surface area contributed by atoms with E-state index in [0.717, 1.165) is 47.8 Å². The fourth-order valence-electron chi connectivity index (χ4n) is 6.04. The number of nitrogens with zero attached hydrogens (tertiary/aromatic N) is 2. The molecule has 3 aromatic rings. The van der Waals surface area contributed by atoms with Gasteiger partial charge in [-0.15, -0.1) is 0 Å². The Labute approximate surface area is 233 Å². The van der Waals surface area contributed by atoms with Crippen LogP contribution in [0.15, 0.2) is 60.7 Å². The van der Waals surface area contributed by atoms with E-state index in [0.29, 0.717) is 49.3 Å². The van der Waals surface area contributed by atoms with Crippen molar-refractivity contribution >= 4 is 40.5 Å². The van der Waals surface area contributed by atoms with E-state index in [-0.39, 0.29) is 29.5 Å². The molecule has 0 spiro atoms. The van der Waals surface area contributed by atoms with Gasteiger partial charge in [-0.25, -0.2) is 0 Å². The van der Waals surface area contributed by atoms with E-state index in [9.17, 15) is 19.2 Å². The van der Waals surface area contributed by atoms with Crippen LogP contribution >= 0.6 is 0 Å². The van der Waals surface area contributed by atoms with Gasteiger partial charge in [-0.3, -0.25) is 29.0 Å². The summed E-state index contributed by atoms with van der Waals surface area (Å²) in [6, 6.07) is 16.8. The average molecular weight is 537 g/mol. The van der Waals surface area contributed by atoms with Crippen molar-refractivity contribution < 1.29 is 19.2 Å². The van der Waals surface area contributed by atoms with Crippen LogP contribution in [0.1, 0.15) is 67.4 Å². The SMILES string of the molecule is O=C1c2cccc3c2C(CC=C3)C(=O)N1CCNCCCCNCCN1C(=O)c2cccc3cccc(c23)C1=O. The molecule has 0 fully saturated rings. The Bertz CT molecular complexity index is 1490. The van der Waals surface area contributed by atoms with Crippen molar-refractivity contribution in [1.82, 2.24) is 20.4 Å². The van der Waals surface area contributed by atoms with Gasteiger partial charge in [-0.2, -0.15) is 0 Å². The van der Waals surface area contributed by atoms with Crippen molar-refractivity contribution in [3.05, 3.63) is 88.5 Å². The van der Waals surface area contributed by atoms with Crippen molar-refractivity contribution in [2.75, 3.05) is 39.3 Å². The van der Waals surface area contributed by atoms with E-state index >= 15 is 0 Å². The van der Waals surface area contributed by atoms with Crippen LogP contribution in [0.5, 0.6) is 0 Å². The molecule has 4 amide bonds. The predicted molar refractivity (Wildman–Crippen MR) is 153 cm³/mol. The van der Waals surface area contributed by atoms with Crippen LogP contribution in [0.2, 0.25) is 0 Å². The average Bonchev–Trinajstić information content (AvgIpc) is 2.98. The first-order chi connectivity index (χ1) is 19.6. The van der Waals surface area contributed by atoms with Crippen molar-refractivity contribution in [1.29, 1.82) is 0 Å². The second kappa shape index (κ2) is 11.2. The molecule has 3 aromatic carbocycles. The van der Waals surface area contributed by atoms with Gasteiger partial charge in [0.2, 0.25) is 5.91 Å². The number of amides is 4. The van der Waals surface area contributed by atoms with Crippen LogP contribution in [0.3, 0.4) is 0 Å². The second-order valence-corrected chi connectivity index (χ2v) is 10.5. The lowest BCUT2D eigenvalue weighted by molar-refractivity contribution is -0.130. The number of benzene rings is 3. The van der Waals surface area contributed by atoms with E-state index in [1.807, 2.05) is 54.6 Å². The fraction of sp³-hybridized carbons (Fsp3) is 0.312. The normalized spacial score (nSPS) is 17.6. The molecule has 0 bridgehead atoms. The lowest BCUT2D eigenvalue weighted by atomic mass is 9.80. The Morgan fingerprint density at radius 1 is 0.675 bits per heavy atom. The van der Waals surface area contributed by atoms with Crippen LogP contribution in [0.4, 0.5) is 0 Å². The van der Waals surface area contributed by atoms with Crippen LogP contribution in [-0.4, -0.2) is 72.7 Å². The summed E-state index contributed by atoms with van der Waals surface area (Å²) in [5.41, 5.74) is 3.66. The topological polar surface area (TPSA) is 98.8 Å². The monoisotopic (exact) mass is 536 g/mol. The van der Waals surface area contributed by atoms with Gasteiger partial charge in [-0.05, 0) is 67.1 Å². The van der Waals surface area contributed by atoms with Gasteiger partial charge in [0.25, 0.3) is 17.7 Å². The van der Waals surface area contributed by atoms with Gasteiger partial charge in [0.05, 0.1) is 5.92 Å². The number of imide groups is 2. The van der Waals surface area contributed by atoms with E-state index in [2.05, 4.69) is 10.6 Å². The number of unbranched alkanes of at least 4 members (excludes halogenated alkanes) is 1. The van der Waals surface area contributed by atoms with Crippen molar-refractivity contribution in [3.63, 3.8) is 0 Å². The fourth-order valence-corrected chi connectivity index (χ4v) is 6.04.